The van der Waals surface area contributed by atoms with Crippen LogP contribution < -0.4 is 5.19 Å². The number of rotatable bonds is 4. The van der Waals surface area contributed by atoms with Crippen molar-refractivity contribution >= 4 is 13.3 Å². The lowest BCUT2D eigenvalue weighted by Crippen LogP contribution is -2.61. The molecule has 0 aromatic heterocycles. The minimum atomic E-state index is -1.98. The molecule has 0 atom stereocenters. The van der Waals surface area contributed by atoms with Crippen LogP contribution in [0.1, 0.15) is 99.8 Å². The highest BCUT2D eigenvalue weighted by Crippen LogP contribution is 2.53. The Kier molecular flexibility index (Phi) is 7.23. The summed E-state index contributed by atoms with van der Waals surface area (Å²) in [7, 11) is -1.98. The first-order valence-electron chi connectivity index (χ1n) is 12.2. The number of phenols is 1. The number of aryl methyl sites for hydroxylation is 1. The van der Waals surface area contributed by atoms with Crippen LogP contribution in [0.3, 0.4) is 0 Å². The van der Waals surface area contributed by atoms with Gasteiger partial charge in [-0.1, -0.05) is 125 Å². The van der Waals surface area contributed by atoms with E-state index in [9.17, 15) is 5.11 Å². The van der Waals surface area contributed by atoms with Crippen LogP contribution in [0.5, 0.6) is 5.75 Å². The number of phenolic OH excluding ortho intramolecular Hbond substituents is 1. The van der Waals surface area contributed by atoms with Crippen molar-refractivity contribution in [2.24, 2.45) is 0 Å². The summed E-state index contributed by atoms with van der Waals surface area (Å²) in [4.78, 5) is 0. The van der Waals surface area contributed by atoms with Crippen molar-refractivity contribution < 1.29 is 5.11 Å². The third-order valence-corrected chi connectivity index (χ3v) is 14.9. The Morgan fingerprint density at radius 1 is 0.656 bits per heavy atom. The van der Waals surface area contributed by atoms with Gasteiger partial charge < -0.3 is 5.11 Å². The van der Waals surface area contributed by atoms with E-state index in [1.807, 2.05) is 0 Å². The molecule has 0 heterocycles. The molecular weight excluding hydrogens is 404 g/mol. The van der Waals surface area contributed by atoms with Gasteiger partial charge in [-0.25, -0.2) is 0 Å². The second-order valence-electron chi connectivity index (χ2n) is 13.8. The maximum Gasteiger partial charge on any atom is 0.119 e. The largest absolute Gasteiger partial charge is 0.508 e. The van der Waals surface area contributed by atoms with Crippen LogP contribution in [-0.2, 0) is 17.3 Å². The molecule has 0 unspecified atom stereocenters. The molecule has 2 rings (SSSR count). The molecule has 0 fully saturated rings. The van der Waals surface area contributed by atoms with Gasteiger partial charge in [-0.05, 0) is 56.1 Å². The molecule has 0 bridgehead atoms. The van der Waals surface area contributed by atoms with Crippen LogP contribution >= 0.6 is 0 Å². The first-order valence-corrected chi connectivity index (χ1v) is 14.5. The summed E-state index contributed by atoms with van der Waals surface area (Å²) in [6, 6.07) is 16.9. The molecule has 0 aliphatic heterocycles. The Balaban J connectivity index is 2.71. The summed E-state index contributed by atoms with van der Waals surface area (Å²) in [5.41, 5.74) is 3.64. The molecule has 0 saturated carbocycles. The molecule has 0 aliphatic carbocycles. The van der Waals surface area contributed by atoms with Crippen molar-refractivity contribution in [1.29, 1.82) is 0 Å². The highest BCUT2D eigenvalue weighted by molar-refractivity contribution is 6.96. The molecule has 2 aromatic carbocycles. The summed E-state index contributed by atoms with van der Waals surface area (Å²) in [6.07, 6.45) is 1.05. The van der Waals surface area contributed by atoms with Gasteiger partial charge in [0.1, 0.15) is 5.75 Å². The number of hydrogen-bond acceptors (Lipinski definition) is 1. The zero-order valence-corrected chi connectivity index (χ0v) is 23.9. The van der Waals surface area contributed by atoms with E-state index in [0.29, 0.717) is 5.75 Å². The number of hydrogen-bond donors (Lipinski definition) is 1. The maximum absolute atomic E-state index is 10.9. The van der Waals surface area contributed by atoms with Crippen LogP contribution in [0.15, 0.2) is 42.5 Å². The highest BCUT2D eigenvalue weighted by Gasteiger charge is 2.53. The van der Waals surface area contributed by atoms with Crippen LogP contribution in [-0.4, -0.2) is 13.2 Å². The highest BCUT2D eigenvalue weighted by atomic mass is 28.3. The molecule has 0 radical (unpaired) electrons. The van der Waals surface area contributed by atoms with Crippen molar-refractivity contribution in [3.05, 3.63) is 59.2 Å². The maximum atomic E-state index is 10.9. The zero-order valence-electron chi connectivity index (χ0n) is 22.9. The lowest BCUT2D eigenvalue weighted by atomic mass is 9.78. The Bertz CT molecular complexity index is 899. The Morgan fingerprint density at radius 3 is 1.53 bits per heavy atom. The average molecular weight is 453 g/mol. The standard InChI is InChI=1S/C30H48OSi/c1-27(2,3)24-21-26(31)25(28(4,5)6)20-22(24)18-19-32(29(7,8)9,30(10,11)12)23-16-14-13-15-17-23/h13-17,20-21,31H,18-19H2,1-12H3. The average Bonchev–Trinajstić information content (AvgIpc) is 2.59. The van der Waals surface area contributed by atoms with E-state index >= 15 is 0 Å². The van der Waals surface area contributed by atoms with Gasteiger partial charge in [0.2, 0.25) is 0 Å². The topological polar surface area (TPSA) is 20.2 Å². The Morgan fingerprint density at radius 2 is 1.12 bits per heavy atom. The molecule has 1 N–H and O–H groups in total. The Labute approximate surface area is 199 Å². The lowest BCUT2D eigenvalue weighted by molar-refractivity contribution is 0.442. The third-order valence-electron chi connectivity index (χ3n) is 7.43. The van der Waals surface area contributed by atoms with E-state index in [1.165, 1.54) is 17.2 Å². The summed E-state index contributed by atoms with van der Waals surface area (Å²) < 4.78 is 0. The van der Waals surface area contributed by atoms with Gasteiger partial charge in [-0.2, -0.15) is 0 Å². The fourth-order valence-corrected chi connectivity index (χ4v) is 13.2. The minimum absolute atomic E-state index is 0.0103. The van der Waals surface area contributed by atoms with E-state index in [2.05, 4.69) is 126 Å². The van der Waals surface area contributed by atoms with Gasteiger partial charge in [0.25, 0.3) is 0 Å². The zero-order chi connectivity index (χ0) is 24.8. The molecule has 1 nitrogen and oxygen atoms in total. The predicted molar refractivity (Wildman–Crippen MR) is 145 cm³/mol. The fourth-order valence-electron chi connectivity index (χ4n) is 6.07. The van der Waals surface area contributed by atoms with Gasteiger partial charge in [0.05, 0.1) is 8.07 Å². The SMILES string of the molecule is CC(C)(C)c1cc(CC[Si](c2ccccc2)(C(C)(C)C)C(C)(C)C)c(C(C)(C)C)cc1O. The van der Waals surface area contributed by atoms with Crippen molar-refractivity contribution in [2.45, 2.75) is 116 Å². The van der Waals surface area contributed by atoms with Crippen molar-refractivity contribution in [3.63, 3.8) is 0 Å². The molecule has 0 saturated heterocycles. The van der Waals surface area contributed by atoms with E-state index < -0.39 is 8.07 Å². The molecule has 0 aliphatic rings. The normalized spacial score (nSPS) is 14.0. The number of benzene rings is 2. The molecule has 2 aromatic rings. The third kappa shape index (κ3) is 5.16. The monoisotopic (exact) mass is 452 g/mol. The lowest BCUT2D eigenvalue weighted by Gasteiger charge is -2.53. The minimum Gasteiger partial charge on any atom is -0.508 e. The molecule has 178 valence electrons. The van der Waals surface area contributed by atoms with E-state index in [1.54, 1.807) is 5.19 Å². The van der Waals surface area contributed by atoms with Gasteiger partial charge >= 0.3 is 0 Å². The van der Waals surface area contributed by atoms with Crippen LogP contribution in [0.25, 0.3) is 0 Å². The van der Waals surface area contributed by atoms with Crippen molar-refractivity contribution in [1.82, 2.24) is 0 Å². The predicted octanol–water partition coefficient (Wildman–Crippen LogP) is 8.49. The molecule has 0 amide bonds. The molecule has 2 heteroatoms. The summed E-state index contributed by atoms with van der Waals surface area (Å²) >= 11 is 0. The van der Waals surface area contributed by atoms with Gasteiger partial charge in [0.15, 0.2) is 0 Å². The smallest absolute Gasteiger partial charge is 0.119 e. The summed E-state index contributed by atoms with van der Waals surface area (Å²) in [5.74, 6) is 0.435. The first-order chi connectivity index (χ1) is 14.3. The molecule has 32 heavy (non-hydrogen) atoms. The molecule has 0 spiro atoms. The van der Waals surface area contributed by atoms with E-state index in [0.717, 1.165) is 12.0 Å². The van der Waals surface area contributed by atoms with Crippen LogP contribution in [0.4, 0.5) is 0 Å². The fraction of sp³-hybridized carbons (Fsp3) is 0.600. The van der Waals surface area contributed by atoms with Crippen molar-refractivity contribution in [2.75, 3.05) is 0 Å². The van der Waals surface area contributed by atoms with Gasteiger partial charge in [-0.15, -0.1) is 0 Å². The van der Waals surface area contributed by atoms with Gasteiger partial charge in [0, 0.05) is 0 Å². The Hall–Kier alpha value is -1.54. The second kappa shape index (κ2) is 8.67. The van der Waals surface area contributed by atoms with Crippen molar-refractivity contribution in [3.8, 4) is 5.75 Å². The van der Waals surface area contributed by atoms with E-state index in [-0.39, 0.29) is 20.9 Å². The van der Waals surface area contributed by atoms with Crippen LogP contribution in [0, 0.1) is 0 Å². The number of aromatic hydroxyl groups is 1. The summed E-state index contributed by atoms with van der Waals surface area (Å²) in [5, 5.41) is 12.9. The first kappa shape index (κ1) is 26.7. The van der Waals surface area contributed by atoms with Crippen LogP contribution in [0.2, 0.25) is 16.1 Å². The van der Waals surface area contributed by atoms with E-state index in [4.69, 9.17) is 0 Å². The summed E-state index contributed by atoms with van der Waals surface area (Å²) in [6.45, 7) is 28.1. The quantitative estimate of drug-likeness (QED) is 0.461. The molecular formula is C30H48OSi. The second-order valence-corrected chi connectivity index (χ2v) is 19.7. The van der Waals surface area contributed by atoms with Gasteiger partial charge in [-0.3, -0.25) is 0 Å².